The highest BCUT2D eigenvalue weighted by molar-refractivity contribution is 5.46. The largest absolute Gasteiger partial charge is 0.461 e. The van der Waals surface area contributed by atoms with E-state index in [-0.39, 0.29) is 0 Å². The van der Waals surface area contributed by atoms with E-state index in [9.17, 15) is 0 Å². The summed E-state index contributed by atoms with van der Waals surface area (Å²) in [5.74, 6) is -0.394. The van der Waals surface area contributed by atoms with Crippen LogP contribution in [-0.4, -0.2) is 16.6 Å². The predicted molar refractivity (Wildman–Crippen MR) is 72.1 cm³/mol. The summed E-state index contributed by atoms with van der Waals surface area (Å²) in [6, 6.07) is 0. The lowest BCUT2D eigenvalue weighted by Gasteiger charge is -2.34. The van der Waals surface area contributed by atoms with Gasteiger partial charge in [0.2, 0.25) is 5.79 Å². The molecule has 0 bridgehead atoms. The molecule has 0 atom stereocenters. The van der Waals surface area contributed by atoms with Crippen molar-refractivity contribution in [3.8, 4) is 5.75 Å². The normalized spacial score (nSPS) is 23.2. The third-order valence-electron chi connectivity index (χ3n) is 3.65. The van der Waals surface area contributed by atoms with E-state index >= 15 is 0 Å². The molecule has 0 N–H and O–H groups in total. The molecule has 0 saturated carbocycles. The fourth-order valence-corrected chi connectivity index (χ4v) is 2.48. The molecule has 5 nitrogen and oxygen atoms in total. The first-order valence-corrected chi connectivity index (χ1v) is 6.89. The van der Waals surface area contributed by atoms with E-state index in [2.05, 4.69) is 4.98 Å². The van der Waals surface area contributed by atoms with Crippen LogP contribution in [0, 0.1) is 6.92 Å². The third kappa shape index (κ3) is 2.41. The van der Waals surface area contributed by atoms with Crippen molar-refractivity contribution in [3.63, 3.8) is 0 Å². The minimum Gasteiger partial charge on any atom is -0.461 e. The zero-order valence-corrected chi connectivity index (χ0v) is 12.7. The second kappa shape index (κ2) is 4.41. The first-order chi connectivity index (χ1) is 9.27. The van der Waals surface area contributed by atoms with Gasteiger partial charge in [0.05, 0.1) is 31.2 Å². The van der Waals surface area contributed by atoms with Gasteiger partial charge in [0.25, 0.3) is 0 Å². The van der Waals surface area contributed by atoms with Gasteiger partial charge in [-0.3, -0.25) is 4.98 Å². The second-order valence-corrected chi connectivity index (χ2v) is 6.20. The minimum absolute atomic E-state index is 0.444. The molecule has 2 aliphatic rings. The number of rotatable bonds is 0. The molecule has 0 aromatic carbocycles. The predicted octanol–water partition coefficient (Wildman–Crippen LogP) is 2.82. The summed E-state index contributed by atoms with van der Waals surface area (Å²) in [5.41, 5.74) is 3.86. The first-order valence-electron chi connectivity index (χ1n) is 6.89. The van der Waals surface area contributed by atoms with E-state index in [1.165, 1.54) is 0 Å². The van der Waals surface area contributed by atoms with Crippen LogP contribution in [0.15, 0.2) is 0 Å². The number of fused-ring (bicyclic) bond motifs is 3. The van der Waals surface area contributed by atoms with Crippen molar-refractivity contribution in [2.45, 2.75) is 66.0 Å². The highest BCUT2D eigenvalue weighted by Crippen LogP contribution is 2.38. The molecule has 0 fully saturated rings. The first kappa shape index (κ1) is 13.8. The van der Waals surface area contributed by atoms with Crippen molar-refractivity contribution < 1.29 is 18.9 Å². The topological polar surface area (TPSA) is 49.8 Å². The van der Waals surface area contributed by atoms with Crippen molar-refractivity contribution in [2.75, 3.05) is 0 Å². The number of hydrogen-bond acceptors (Lipinski definition) is 5. The molecular weight excluding hydrogens is 258 g/mol. The third-order valence-corrected chi connectivity index (χ3v) is 3.65. The molecule has 2 aliphatic heterocycles. The van der Waals surface area contributed by atoms with Gasteiger partial charge in [0.1, 0.15) is 5.75 Å². The van der Waals surface area contributed by atoms with Crippen molar-refractivity contribution in [1.29, 1.82) is 0 Å². The van der Waals surface area contributed by atoms with E-state index in [4.69, 9.17) is 18.9 Å². The van der Waals surface area contributed by atoms with Crippen LogP contribution in [-0.2, 0) is 34.0 Å². The van der Waals surface area contributed by atoms with Gasteiger partial charge >= 0.3 is 0 Å². The maximum absolute atomic E-state index is 5.93. The van der Waals surface area contributed by atoms with E-state index in [0.29, 0.717) is 19.8 Å². The number of nitrogens with zero attached hydrogens (tertiary/aromatic N) is 1. The Morgan fingerprint density at radius 1 is 0.850 bits per heavy atom. The Balaban J connectivity index is 2.06. The van der Waals surface area contributed by atoms with Crippen LogP contribution in [0.2, 0.25) is 0 Å². The van der Waals surface area contributed by atoms with Crippen molar-refractivity contribution in [1.82, 2.24) is 4.98 Å². The van der Waals surface area contributed by atoms with E-state index < -0.39 is 11.6 Å². The van der Waals surface area contributed by atoms with Gasteiger partial charge in [-0.25, -0.2) is 0 Å². The fourth-order valence-electron chi connectivity index (χ4n) is 2.48. The number of ether oxygens (including phenoxy) is 4. The van der Waals surface area contributed by atoms with E-state index in [0.717, 1.165) is 28.3 Å². The molecular formula is C15H21NO4. The van der Waals surface area contributed by atoms with Gasteiger partial charge in [-0.15, -0.1) is 0 Å². The van der Waals surface area contributed by atoms with Gasteiger partial charge in [0.15, 0.2) is 5.79 Å². The lowest BCUT2D eigenvalue weighted by Crippen LogP contribution is -2.36. The number of aromatic nitrogens is 1. The van der Waals surface area contributed by atoms with Crippen LogP contribution in [0.1, 0.15) is 50.2 Å². The van der Waals surface area contributed by atoms with Crippen LogP contribution in [0.3, 0.4) is 0 Å². The Hall–Kier alpha value is -1.17. The lowest BCUT2D eigenvalue weighted by atomic mass is 10.0. The number of pyridine rings is 1. The molecule has 0 radical (unpaired) electrons. The number of aryl methyl sites for hydroxylation is 1. The Morgan fingerprint density at radius 2 is 1.45 bits per heavy atom. The molecule has 5 heteroatoms. The number of hydrogen-bond donors (Lipinski definition) is 0. The molecule has 3 heterocycles. The van der Waals surface area contributed by atoms with Crippen LogP contribution in [0.4, 0.5) is 0 Å². The summed E-state index contributed by atoms with van der Waals surface area (Å²) < 4.78 is 23.2. The fraction of sp³-hybridized carbons (Fsp3) is 0.667. The molecule has 0 unspecified atom stereocenters. The lowest BCUT2D eigenvalue weighted by molar-refractivity contribution is -0.220. The summed E-state index contributed by atoms with van der Waals surface area (Å²) in [4.78, 5) is 4.63. The highest BCUT2D eigenvalue weighted by Gasteiger charge is 2.34. The van der Waals surface area contributed by atoms with Gasteiger partial charge in [-0.1, -0.05) is 0 Å². The second-order valence-electron chi connectivity index (χ2n) is 6.20. The van der Waals surface area contributed by atoms with E-state index in [1.807, 2.05) is 34.6 Å². The zero-order valence-electron chi connectivity index (χ0n) is 12.7. The van der Waals surface area contributed by atoms with Crippen molar-refractivity contribution >= 4 is 0 Å². The molecule has 1 aromatic heterocycles. The Labute approximate surface area is 119 Å². The average Bonchev–Trinajstić information content (AvgIpc) is 2.49. The maximum Gasteiger partial charge on any atom is 0.205 e. The van der Waals surface area contributed by atoms with Crippen molar-refractivity contribution in [2.24, 2.45) is 0 Å². The molecule has 3 rings (SSSR count). The summed E-state index contributed by atoms with van der Waals surface area (Å²) in [7, 11) is 0. The van der Waals surface area contributed by atoms with Crippen LogP contribution < -0.4 is 4.74 Å². The molecule has 110 valence electrons. The molecule has 0 amide bonds. The monoisotopic (exact) mass is 279 g/mol. The Bertz CT molecular complexity index is 551. The molecule has 1 aromatic rings. The van der Waals surface area contributed by atoms with Crippen molar-refractivity contribution in [3.05, 3.63) is 22.5 Å². The zero-order chi connectivity index (χ0) is 14.5. The quantitative estimate of drug-likeness (QED) is 0.731. The van der Waals surface area contributed by atoms with Crippen LogP contribution in [0.5, 0.6) is 5.75 Å². The standard InChI is InChI=1S/C15H21NO4/c1-9-13-11(7-18-15(4,5)20-13)10-6-17-14(2,3)19-8-12(10)16-9/h6-8H2,1-5H3. The molecule has 0 aliphatic carbocycles. The molecule has 0 spiro atoms. The maximum atomic E-state index is 5.93. The highest BCUT2D eigenvalue weighted by atomic mass is 16.7. The van der Waals surface area contributed by atoms with Gasteiger partial charge < -0.3 is 18.9 Å². The average molecular weight is 279 g/mol. The molecule has 0 saturated heterocycles. The van der Waals surface area contributed by atoms with E-state index in [1.54, 1.807) is 0 Å². The minimum atomic E-state index is -0.616. The summed E-state index contributed by atoms with van der Waals surface area (Å²) >= 11 is 0. The Kier molecular flexibility index (Phi) is 3.04. The molecule has 20 heavy (non-hydrogen) atoms. The van der Waals surface area contributed by atoms with Gasteiger partial charge in [-0.05, 0) is 20.8 Å². The van der Waals surface area contributed by atoms with Crippen LogP contribution >= 0.6 is 0 Å². The van der Waals surface area contributed by atoms with Gasteiger partial charge in [0, 0.05) is 25.0 Å². The SMILES string of the molecule is Cc1nc2c(c3c1OC(C)(C)OC3)COC(C)(C)OC2. The smallest absolute Gasteiger partial charge is 0.205 e. The summed E-state index contributed by atoms with van der Waals surface area (Å²) in [5, 5.41) is 0. The summed E-state index contributed by atoms with van der Waals surface area (Å²) in [6.07, 6.45) is 0. The van der Waals surface area contributed by atoms with Crippen LogP contribution in [0.25, 0.3) is 0 Å². The van der Waals surface area contributed by atoms with Gasteiger partial charge in [-0.2, -0.15) is 0 Å². The summed E-state index contributed by atoms with van der Waals surface area (Å²) in [6.45, 7) is 11.0. The Morgan fingerprint density at radius 3 is 2.20 bits per heavy atom.